The van der Waals surface area contributed by atoms with Gasteiger partial charge in [0.2, 0.25) is 0 Å². The normalized spacial score (nSPS) is 16.2. The summed E-state index contributed by atoms with van der Waals surface area (Å²) in [5.41, 5.74) is 1.46. The molecule has 0 spiro atoms. The third kappa shape index (κ3) is 4.93. The van der Waals surface area contributed by atoms with E-state index in [-0.39, 0.29) is 18.1 Å². The van der Waals surface area contributed by atoms with Crippen molar-refractivity contribution in [3.05, 3.63) is 63.0 Å². The van der Waals surface area contributed by atoms with Gasteiger partial charge in [0.05, 0.1) is 16.2 Å². The molecular formula is C22H17BrN2O4S. The van der Waals surface area contributed by atoms with E-state index < -0.39 is 5.97 Å². The lowest BCUT2D eigenvalue weighted by atomic mass is 10.2. The lowest BCUT2D eigenvalue weighted by Crippen LogP contribution is -2.28. The summed E-state index contributed by atoms with van der Waals surface area (Å²) in [6.45, 7) is 2.44. The van der Waals surface area contributed by atoms with Crippen LogP contribution < -0.4 is 4.74 Å². The van der Waals surface area contributed by atoms with Crippen molar-refractivity contribution in [2.45, 2.75) is 6.92 Å². The van der Waals surface area contributed by atoms with Crippen LogP contribution in [0.5, 0.6) is 5.75 Å². The summed E-state index contributed by atoms with van der Waals surface area (Å²) in [6, 6.07) is 11.6. The number of carbonyl (C=O) groups is 2. The fraction of sp³-hybridized carbons (Fsp3) is 0.136. The molecule has 30 heavy (non-hydrogen) atoms. The van der Waals surface area contributed by atoms with Gasteiger partial charge < -0.3 is 9.84 Å². The maximum atomic E-state index is 12.9. The number of terminal acetylenes is 1. The molecule has 2 aromatic carbocycles. The van der Waals surface area contributed by atoms with Gasteiger partial charge in [0.15, 0.2) is 5.17 Å². The van der Waals surface area contributed by atoms with E-state index in [9.17, 15) is 9.59 Å². The van der Waals surface area contributed by atoms with Crippen LogP contribution in [0.25, 0.3) is 6.08 Å². The van der Waals surface area contributed by atoms with Gasteiger partial charge in [0, 0.05) is 16.6 Å². The minimum absolute atomic E-state index is 0.124. The second-order valence-corrected chi connectivity index (χ2v) is 8.01. The standard InChI is InChI=1S/C22H17BrN2O4S/c1-3-11-29-18-10-7-16(23)12-15(18)13-19-20(26)25(4-2)22(30-19)24-17-8-5-14(6-9-17)21(27)28/h1,5-10,12-13H,4,11H2,2H3,(H,27,28)/b19-13-,24-22?. The third-order valence-corrected chi connectivity index (χ3v) is 5.61. The molecular weight excluding hydrogens is 468 g/mol. The van der Waals surface area contributed by atoms with E-state index in [2.05, 4.69) is 26.8 Å². The van der Waals surface area contributed by atoms with Gasteiger partial charge in [0.1, 0.15) is 12.4 Å². The number of carboxylic acids is 1. The van der Waals surface area contributed by atoms with Crippen LogP contribution in [-0.4, -0.2) is 40.2 Å². The monoisotopic (exact) mass is 484 g/mol. The molecule has 1 fully saturated rings. The minimum Gasteiger partial charge on any atom is -0.480 e. The Morgan fingerprint density at radius 3 is 2.70 bits per heavy atom. The van der Waals surface area contributed by atoms with Gasteiger partial charge >= 0.3 is 5.97 Å². The molecule has 1 saturated heterocycles. The first-order valence-corrected chi connectivity index (χ1v) is 10.5. The van der Waals surface area contributed by atoms with Gasteiger partial charge in [-0.15, -0.1) is 6.42 Å². The molecule has 1 aliphatic rings. The predicted octanol–water partition coefficient (Wildman–Crippen LogP) is 4.78. The van der Waals surface area contributed by atoms with Gasteiger partial charge in [-0.1, -0.05) is 21.9 Å². The Balaban J connectivity index is 1.93. The number of hydrogen-bond acceptors (Lipinski definition) is 5. The molecule has 0 unspecified atom stereocenters. The number of aromatic carboxylic acids is 1. The summed E-state index contributed by atoms with van der Waals surface area (Å²) in [4.78, 5) is 30.5. The quantitative estimate of drug-likeness (QED) is 0.471. The summed E-state index contributed by atoms with van der Waals surface area (Å²) < 4.78 is 6.42. The highest BCUT2D eigenvalue weighted by Gasteiger charge is 2.32. The molecule has 1 heterocycles. The van der Waals surface area contributed by atoms with E-state index in [0.29, 0.717) is 28.1 Å². The topological polar surface area (TPSA) is 79.2 Å². The number of likely N-dealkylation sites (N-methyl/N-ethyl adjacent to an activating group) is 1. The number of amidine groups is 1. The number of thioether (sulfide) groups is 1. The maximum Gasteiger partial charge on any atom is 0.335 e. The fourth-order valence-electron chi connectivity index (χ4n) is 2.68. The molecule has 1 N–H and O–H groups in total. The number of ether oxygens (including phenoxy) is 1. The Morgan fingerprint density at radius 1 is 1.33 bits per heavy atom. The van der Waals surface area contributed by atoms with Crippen LogP contribution in [0.3, 0.4) is 0 Å². The highest BCUT2D eigenvalue weighted by Crippen LogP contribution is 2.36. The van der Waals surface area contributed by atoms with E-state index in [0.717, 1.165) is 10.0 Å². The van der Waals surface area contributed by atoms with Gasteiger partial charge in [-0.05, 0) is 67.2 Å². The average Bonchev–Trinajstić information content (AvgIpc) is 3.01. The number of carbonyl (C=O) groups excluding carboxylic acids is 1. The summed E-state index contributed by atoms with van der Waals surface area (Å²) in [7, 11) is 0. The number of nitrogens with zero attached hydrogens (tertiary/aromatic N) is 2. The number of hydrogen-bond donors (Lipinski definition) is 1. The third-order valence-electron chi connectivity index (χ3n) is 4.11. The molecule has 8 heteroatoms. The molecule has 1 amide bonds. The summed E-state index contributed by atoms with van der Waals surface area (Å²) in [6.07, 6.45) is 7.03. The van der Waals surface area contributed by atoms with E-state index in [1.54, 1.807) is 29.2 Å². The van der Waals surface area contributed by atoms with E-state index in [4.69, 9.17) is 16.3 Å². The van der Waals surface area contributed by atoms with E-state index in [1.807, 2.05) is 19.1 Å². The van der Waals surface area contributed by atoms with Crippen LogP contribution in [0.4, 0.5) is 5.69 Å². The van der Waals surface area contributed by atoms with Crippen molar-refractivity contribution in [2.75, 3.05) is 13.2 Å². The number of carboxylic acid groups (broad SMARTS) is 1. The largest absolute Gasteiger partial charge is 0.480 e. The SMILES string of the molecule is C#CCOc1ccc(Br)cc1/C=C1\SC(=Nc2ccc(C(=O)O)cc2)N(CC)C1=O. The fourth-order valence-corrected chi connectivity index (χ4v) is 4.12. The number of benzene rings is 2. The highest BCUT2D eigenvalue weighted by atomic mass is 79.9. The van der Waals surface area contributed by atoms with Crippen molar-refractivity contribution in [2.24, 2.45) is 4.99 Å². The molecule has 0 radical (unpaired) electrons. The Hall–Kier alpha value is -3.02. The van der Waals surface area contributed by atoms with Crippen LogP contribution in [0, 0.1) is 12.3 Å². The number of rotatable bonds is 6. The second-order valence-electron chi connectivity index (χ2n) is 6.08. The van der Waals surface area contributed by atoms with Crippen LogP contribution in [0.15, 0.2) is 56.8 Å². The number of amides is 1. The second kappa shape index (κ2) is 9.65. The minimum atomic E-state index is -1.00. The Labute approximate surface area is 186 Å². The van der Waals surface area contributed by atoms with Gasteiger partial charge in [-0.3, -0.25) is 9.69 Å². The maximum absolute atomic E-state index is 12.9. The number of halogens is 1. The Kier molecular flexibility index (Phi) is 6.98. The molecule has 6 nitrogen and oxygen atoms in total. The van der Waals surface area contributed by atoms with Crippen molar-refractivity contribution in [1.82, 2.24) is 4.90 Å². The summed E-state index contributed by atoms with van der Waals surface area (Å²) in [5.74, 6) is 1.85. The molecule has 0 saturated carbocycles. The molecule has 0 aliphatic carbocycles. The molecule has 0 bridgehead atoms. The molecule has 1 aliphatic heterocycles. The van der Waals surface area contributed by atoms with Gasteiger partial charge in [-0.2, -0.15) is 0 Å². The zero-order chi connectivity index (χ0) is 21.7. The number of aliphatic imine (C=N–C) groups is 1. The first kappa shape index (κ1) is 21.7. The van der Waals surface area contributed by atoms with Crippen molar-refractivity contribution < 1.29 is 19.4 Å². The molecule has 2 aromatic rings. The first-order chi connectivity index (χ1) is 14.4. The lowest BCUT2D eigenvalue weighted by molar-refractivity contribution is -0.122. The van der Waals surface area contributed by atoms with Crippen molar-refractivity contribution in [3.63, 3.8) is 0 Å². The summed E-state index contributed by atoms with van der Waals surface area (Å²) >= 11 is 4.68. The highest BCUT2D eigenvalue weighted by molar-refractivity contribution is 9.10. The molecule has 3 rings (SSSR count). The van der Waals surface area contributed by atoms with Crippen LogP contribution in [-0.2, 0) is 4.79 Å². The van der Waals surface area contributed by atoms with E-state index in [1.165, 1.54) is 23.9 Å². The van der Waals surface area contributed by atoms with Gasteiger partial charge in [0.25, 0.3) is 5.91 Å². The van der Waals surface area contributed by atoms with Crippen LogP contribution in [0.1, 0.15) is 22.8 Å². The zero-order valence-electron chi connectivity index (χ0n) is 16.0. The van der Waals surface area contributed by atoms with Crippen molar-refractivity contribution in [1.29, 1.82) is 0 Å². The van der Waals surface area contributed by atoms with E-state index >= 15 is 0 Å². The first-order valence-electron chi connectivity index (χ1n) is 8.92. The smallest absolute Gasteiger partial charge is 0.335 e. The predicted molar refractivity (Wildman–Crippen MR) is 122 cm³/mol. The van der Waals surface area contributed by atoms with Crippen molar-refractivity contribution in [3.8, 4) is 18.1 Å². The zero-order valence-corrected chi connectivity index (χ0v) is 18.4. The summed E-state index contributed by atoms with van der Waals surface area (Å²) in [5, 5.41) is 9.55. The Morgan fingerprint density at radius 2 is 2.07 bits per heavy atom. The molecule has 152 valence electrons. The van der Waals surface area contributed by atoms with Crippen molar-refractivity contribution >= 4 is 56.5 Å². The molecule has 0 aromatic heterocycles. The van der Waals surface area contributed by atoms with Crippen LogP contribution >= 0.6 is 27.7 Å². The lowest BCUT2D eigenvalue weighted by Gasteiger charge is -2.12. The van der Waals surface area contributed by atoms with Crippen LogP contribution in [0.2, 0.25) is 0 Å². The average molecular weight is 485 g/mol. The van der Waals surface area contributed by atoms with Gasteiger partial charge in [-0.25, -0.2) is 9.79 Å². The Bertz CT molecular complexity index is 1090. The molecule has 0 atom stereocenters.